The highest BCUT2D eigenvalue weighted by atomic mass is 35.5. The number of hydrogen-bond acceptors (Lipinski definition) is 12. The van der Waals surface area contributed by atoms with Gasteiger partial charge in [-0.05, 0) is 66.0 Å². The van der Waals surface area contributed by atoms with Crippen LogP contribution in [0.2, 0.25) is 0 Å². The molecule has 6 aromatic carbocycles. The van der Waals surface area contributed by atoms with Crippen molar-refractivity contribution >= 4 is 125 Å². The van der Waals surface area contributed by atoms with E-state index in [-0.39, 0.29) is 35.6 Å². The summed E-state index contributed by atoms with van der Waals surface area (Å²) in [7, 11) is 7.18. The summed E-state index contributed by atoms with van der Waals surface area (Å²) >= 11 is 3.69. The van der Waals surface area contributed by atoms with Gasteiger partial charge in [0.1, 0.15) is 31.6 Å². The number of fused-ring (bicyclic) bond motifs is 5. The highest BCUT2D eigenvalue weighted by Crippen LogP contribution is 2.47. The Kier molecular flexibility index (Phi) is 15.9. The normalized spacial score (nSPS) is 12.3. The van der Waals surface area contributed by atoms with Crippen LogP contribution in [-0.2, 0) is 20.2 Å². The van der Waals surface area contributed by atoms with Crippen molar-refractivity contribution < 1.29 is 35.7 Å². The number of nitrogens with zero attached hydrogens (tertiary/aromatic N) is 2. The quantitative estimate of drug-likeness (QED) is 0.128. The first-order chi connectivity index (χ1) is 27.3. The van der Waals surface area contributed by atoms with E-state index in [0.29, 0.717) is 0 Å². The highest BCUT2D eigenvalue weighted by Gasteiger charge is 2.20. The molecule has 0 bridgehead atoms. The van der Waals surface area contributed by atoms with E-state index in [1.807, 2.05) is 23.5 Å². The van der Waals surface area contributed by atoms with Crippen LogP contribution in [0.5, 0.6) is 0 Å². The zero-order valence-corrected chi connectivity index (χ0v) is 39.1. The summed E-state index contributed by atoms with van der Waals surface area (Å²) in [5, 5.41) is 6.89. The summed E-state index contributed by atoms with van der Waals surface area (Å²) in [5.41, 5.74) is 9.87. The molecule has 0 unspecified atom stereocenters. The minimum atomic E-state index is -4.87. The molecule has 0 amide bonds. The predicted octanol–water partition coefficient (Wildman–Crippen LogP) is 6.97. The number of halogens is 2. The molecule has 4 N–H and O–H groups in total. The molecule has 320 valence electrons. The van der Waals surface area contributed by atoms with Crippen LogP contribution in [0.15, 0.2) is 139 Å². The maximum Gasteiger partial charge on any atom is 0.132 e. The Morgan fingerprint density at radius 2 is 0.833 bits per heavy atom. The number of rotatable bonds is 6. The van der Waals surface area contributed by atoms with Crippen molar-refractivity contribution in [1.82, 2.24) is 0 Å². The Balaban J connectivity index is 0.000000196. The number of nitrogens with one attached hydrogen (secondary N) is 4. The molecule has 2 aliphatic rings. The molecule has 0 fully saturated rings. The van der Waals surface area contributed by atoms with Gasteiger partial charge in [-0.2, -0.15) is 0 Å². The van der Waals surface area contributed by atoms with Crippen LogP contribution in [0.1, 0.15) is 0 Å². The van der Waals surface area contributed by atoms with E-state index in [1.54, 1.807) is 0 Å². The second kappa shape index (κ2) is 19.7. The van der Waals surface area contributed by atoms with Crippen molar-refractivity contribution in [3.8, 4) is 0 Å². The summed E-state index contributed by atoms with van der Waals surface area (Å²) in [6.07, 6.45) is 0. The third-order valence-corrected chi connectivity index (χ3v) is 13.4. The average molecular weight is 932 g/mol. The molecular formula is C42H48Cl2N6O6S4. The monoisotopic (exact) mass is 930 g/mol. The zero-order chi connectivity index (χ0) is 42.1. The molecule has 0 aliphatic carbocycles. The van der Waals surface area contributed by atoms with E-state index in [1.165, 1.54) is 99.1 Å². The molecule has 12 nitrogen and oxygen atoms in total. The molecule has 60 heavy (non-hydrogen) atoms. The van der Waals surface area contributed by atoms with Crippen LogP contribution in [-0.4, -0.2) is 82.3 Å². The van der Waals surface area contributed by atoms with E-state index in [4.69, 9.17) is 0 Å². The Bertz CT molecular complexity index is 2440. The first-order valence-electron chi connectivity index (χ1n) is 18.2. The second-order valence-corrected chi connectivity index (χ2v) is 19.4. The lowest BCUT2D eigenvalue weighted by atomic mass is 10.1. The van der Waals surface area contributed by atoms with Crippen molar-refractivity contribution in [2.45, 2.75) is 29.4 Å². The predicted molar refractivity (Wildman–Crippen MR) is 249 cm³/mol. The molecule has 0 saturated carbocycles. The molecule has 2 aliphatic heterocycles. The van der Waals surface area contributed by atoms with Gasteiger partial charge < -0.3 is 39.3 Å². The van der Waals surface area contributed by atoms with Crippen molar-refractivity contribution in [3.05, 3.63) is 109 Å². The SMILES string of the molecule is CN(C)c1ccc2c(c1)Sc1cc(N(C)C)ccc1N2.C[NH+](C)c1ccc2c(c1)Sc1cc([NH+](C)C)ccc1N2.Cl.Cl.O=S(=O)([O-])c1cccc2cccc(S(=O)(=O)[O-])c12. The van der Waals surface area contributed by atoms with Crippen LogP contribution in [0.3, 0.4) is 0 Å². The molecule has 0 aromatic heterocycles. The van der Waals surface area contributed by atoms with E-state index < -0.39 is 30.0 Å². The topological polar surface area (TPSA) is 154 Å². The molecule has 0 spiro atoms. The first-order valence-corrected chi connectivity index (χ1v) is 22.6. The number of anilines is 6. The van der Waals surface area contributed by atoms with Crippen molar-refractivity contribution in [2.75, 3.05) is 76.8 Å². The lowest BCUT2D eigenvalue weighted by Gasteiger charge is -2.24. The molecule has 6 aromatic rings. The largest absolute Gasteiger partial charge is 0.744 e. The Labute approximate surface area is 373 Å². The Morgan fingerprint density at radius 3 is 1.15 bits per heavy atom. The van der Waals surface area contributed by atoms with Crippen LogP contribution in [0.4, 0.5) is 45.5 Å². The molecule has 18 heteroatoms. The highest BCUT2D eigenvalue weighted by molar-refractivity contribution is 8.00. The minimum Gasteiger partial charge on any atom is -0.744 e. The van der Waals surface area contributed by atoms with Crippen LogP contribution < -0.4 is 30.2 Å². The van der Waals surface area contributed by atoms with Gasteiger partial charge in [0, 0.05) is 88.8 Å². The molecule has 8 rings (SSSR count). The number of benzene rings is 6. The lowest BCUT2D eigenvalue weighted by molar-refractivity contribution is -0.786. The van der Waals surface area contributed by atoms with Gasteiger partial charge in [0.05, 0.1) is 60.7 Å². The lowest BCUT2D eigenvalue weighted by Crippen LogP contribution is -3.00. The summed E-state index contributed by atoms with van der Waals surface area (Å²) in [6.45, 7) is 0. The van der Waals surface area contributed by atoms with Gasteiger partial charge in [-0.15, -0.1) is 24.8 Å². The molecule has 0 atom stereocenters. The van der Waals surface area contributed by atoms with Crippen LogP contribution in [0, 0.1) is 0 Å². The van der Waals surface area contributed by atoms with Gasteiger partial charge in [-0.25, -0.2) is 16.8 Å². The third-order valence-electron chi connectivity index (χ3n) is 9.43. The maximum absolute atomic E-state index is 11.1. The molecular weight excluding hydrogens is 884 g/mol. The Morgan fingerprint density at radius 1 is 0.500 bits per heavy atom. The van der Waals surface area contributed by atoms with Gasteiger partial charge >= 0.3 is 0 Å². The van der Waals surface area contributed by atoms with Crippen molar-refractivity contribution in [2.24, 2.45) is 0 Å². The summed E-state index contributed by atoms with van der Waals surface area (Å²) in [5.74, 6) is 0. The van der Waals surface area contributed by atoms with E-state index in [9.17, 15) is 25.9 Å². The van der Waals surface area contributed by atoms with Gasteiger partial charge in [-0.3, -0.25) is 0 Å². The minimum absolute atomic E-state index is 0. The van der Waals surface area contributed by atoms with E-state index >= 15 is 0 Å². The van der Waals surface area contributed by atoms with Gasteiger partial charge in [0.25, 0.3) is 0 Å². The summed E-state index contributed by atoms with van der Waals surface area (Å²) in [6, 6.07) is 33.7. The molecule has 0 radical (unpaired) electrons. The summed E-state index contributed by atoms with van der Waals surface area (Å²) in [4.78, 5) is 10.7. The van der Waals surface area contributed by atoms with E-state index in [2.05, 4.69) is 150 Å². The fourth-order valence-electron chi connectivity index (χ4n) is 6.21. The standard InChI is InChI=1S/2C16H19N3S.C10H8O6S2.2ClH/c2*1-18(2)11-5-7-13-15(9-11)20-16-10-12(19(3)4)6-8-14(16)17-13;11-17(12,13)8-5-1-3-7-4-2-6-9(10(7)8)18(14,15)16;;/h2*5-10,17H,1-4H3;1-6H,(H,11,12,13)(H,14,15,16);2*1H. The number of hydrogen-bond donors (Lipinski definition) is 4. The summed E-state index contributed by atoms with van der Waals surface area (Å²) < 4.78 is 66.4. The third kappa shape index (κ3) is 11.2. The zero-order valence-electron chi connectivity index (χ0n) is 34.2. The van der Waals surface area contributed by atoms with Gasteiger partial charge in [0.2, 0.25) is 0 Å². The number of quaternary nitrogens is 2. The van der Waals surface area contributed by atoms with Crippen molar-refractivity contribution in [1.29, 1.82) is 0 Å². The molecule has 0 saturated heterocycles. The second-order valence-electron chi connectivity index (χ2n) is 14.5. The first kappa shape index (κ1) is 48.5. The van der Waals surface area contributed by atoms with Gasteiger partial charge in [-0.1, -0.05) is 47.8 Å². The van der Waals surface area contributed by atoms with Crippen LogP contribution in [0.25, 0.3) is 10.8 Å². The van der Waals surface area contributed by atoms with E-state index in [0.717, 1.165) is 12.1 Å². The molecule has 2 heterocycles. The fourth-order valence-corrected chi connectivity index (χ4v) is 9.84. The Hall–Kier alpha value is -4.20. The average Bonchev–Trinajstić information content (AvgIpc) is 3.17. The van der Waals surface area contributed by atoms with Crippen molar-refractivity contribution in [3.63, 3.8) is 0 Å². The maximum atomic E-state index is 11.1. The van der Waals surface area contributed by atoms with Crippen LogP contribution >= 0.6 is 48.3 Å². The van der Waals surface area contributed by atoms with Gasteiger partial charge in [0.15, 0.2) is 0 Å². The smallest absolute Gasteiger partial charge is 0.132 e. The fraction of sp³-hybridized carbons (Fsp3) is 0.190.